The van der Waals surface area contributed by atoms with Crippen molar-refractivity contribution < 1.29 is 22.7 Å². The predicted octanol–water partition coefficient (Wildman–Crippen LogP) is 2.97. The second-order valence-corrected chi connectivity index (χ2v) is 5.87. The molecule has 0 radical (unpaired) electrons. The molecule has 0 N–H and O–H groups in total. The zero-order valence-electron chi connectivity index (χ0n) is 13.6. The number of halogens is 2. The van der Waals surface area contributed by atoms with E-state index in [0.717, 1.165) is 6.07 Å². The molecule has 0 saturated carbocycles. The van der Waals surface area contributed by atoms with Gasteiger partial charge in [0.15, 0.2) is 6.61 Å². The maximum Gasteiger partial charge on any atom is 0.261 e. The maximum atomic E-state index is 14.0. The third-order valence-electron chi connectivity index (χ3n) is 4.24. The summed E-state index contributed by atoms with van der Waals surface area (Å²) in [5.41, 5.74) is -0.0956. The standard InChI is InChI=1S/C18H17F2NO4/c1-11-18(16(22)6-8-24-11)25-10-17(23)21-7-2-3-15(21)13-5-4-12(19)9-14(13)20/h4-6,8-9,15H,2-3,7,10H2,1H3. The third-order valence-corrected chi connectivity index (χ3v) is 4.24. The molecule has 1 aliphatic heterocycles. The average molecular weight is 349 g/mol. The van der Waals surface area contributed by atoms with Crippen LogP contribution in [0.5, 0.6) is 5.75 Å². The lowest BCUT2D eigenvalue weighted by atomic mass is 10.0. The Morgan fingerprint density at radius 2 is 2.16 bits per heavy atom. The molecule has 2 aromatic rings. The van der Waals surface area contributed by atoms with Gasteiger partial charge in [-0.1, -0.05) is 6.07 Å². The molecule has 1 aliphatic rings. The van der Waals surface area contributed by atoms with Gasteiger partial charge in [-0.2, -0.15) is 0 Å². The van der Waals surface area contributed by atoms with E-state index in [1.165, 1.54) is 29.4 Å². The monoisotopic (exact) mass is 349 g/mol. The quantitative estimate of drug-likeness (QED) is 0.851. The van der Waals surface area contributed by atoms with E-state index in [0.29, 0.717) is 19.4 Å². The van der Waals surface area contributed by atoms with Crippen LogP contribution in [0.3, 0.4) is 0 Å². The van der Waals surface area contributed by atoms with Gasteiger partial charge in [0.25, 0.3) is 5.91 Å². The van der Waals surface area contributed by atoms with Crippen molar-refractivity contribution in [2.24, 2.45) is 0 Å². The molecule has 2 heterocycles. The Balaban J connectivity index is 1.74. The van der Waals surface area contributed by atoms with Gasteiger partial charge in [0.05, 0.1) is 12.3 Å². The third kappa shape index (κ3) is 3.55. The molecule has 1 unspecified atom stereocenters. The molecular formula is C18H17F2NO4. The van der Waals surface area contributed by atoms with Crippen LogP contribution in [0.15, 0.2) is 39.7 Å². The molecule has 3 rings (SSSR count). The zero-order chi connectivity index (χ0) is 18.0. The number of hydrogen-bond donors (Lipinski definition) is 0. The molecule has 1 aromatic carbocycles. The van der Waals surface area contributed by atoms with E-state index in [1.807, 2.05) is 0 Å². The minimum absolute atomic E-state index is 0.0143. The Kier molecular flexibility index (Phi) is 4.83. The number of amides is 1. The van der Waals surface area contributed by atoms with E-state index in [4.69, 9.17) is 9.15 Å². The maximum absolute atomic E-state index is 14.0. The van der Waals surface area contributed by atoms with Crippen LogP contribution in [-0.2, 0) is 4.79 Å². The molecule has 7 heteroatoms. The van der Waals surface area contributed by atoms with Crippen LogP contribution in [-0.4, -0.2) is 24.0 Å². The highest BCUT2D eigenvalue weighted by Crippen LogP contribution is 2.33. The normalized spacial score (nSPS) is 16.9. The average Bonchev–Trinajstić information content (AvgIpc) is 3.03. The van der Waals surface area contributed by atoms with Gasteiger partial charge in [-0.3, -0.25) is 9.59 Å². The van der Waals surface area contributed by atoms with Gasteiger partial charge < -0.3 is 14.1 Å². The van der Waals surface area contributed by atoms with Gasteiger partial charge >= 0.3 is 0 Å². The summed E-state index contributed by atoms with van der Waals surface area (Å²) >= 11 is 0. The number of benzene rings is 1. The van der Waals surface area contributed by atoms with E-state index >= 15 is 0 Å². The van der Waals surface area contributed by atoms with Gasteiger partial charge in [-0.15, -0.1) is 0 Å². The Morgan fingerprint density at radius 1 is 1.36 bits per heavy atom. The van der Waals surface area contributed by atoms with Crippen LogP contribution in [0.1, 0.15) is 30.2 Å². The van der Waals surface area contributed by atoms with Gasteiger partial charge in [-0.05, 0) is 25.8 Å². The molecule has 1 aromatic heterocycles. The molecule has 1 atom stereocenters. The number of hydrogen-bond acceptors (Lipinski definition) is 4. The van der Waals surface area contributed by atoms with E-state index in [1.54, 1.807) is 6.92 Å². The Hall–Kier alpha value is -2.70. The first kappa shape index (κ1) is 17.1. The highest BCUT2D eigenvalue weighted by molar-refractivity contribution is 5.78. The molecule has 0 bridgehead atoms. The number of carbonyl (C=O) groups is 1. The summed E-state index contributed by atoms with van der Waals surface area (Å²) in [7, 11) is 0. The first-order chi connectivity index (χ1) is 12.0. The van der Waals surface area contributed by atoms with Crippen LogP contribution >= 0.6 is 0 Å². The van der Waals surface area contributed by atoms with Crippen molar-refractivity contribution in [2.45, 2.75) is 25.8 Å². The second kappa shape index (κ2) is 7.04. The van der Waals surface area contributed by atoms with Gasteiger partial charge in [0, 0.05) is 24.2 Å². The molecule has 5 nitrogen and oxygen atoms in total. The lowest BCUT2D eigenvalue weighted by Crippen LogP contribution is -2.35. The first-order valence-electron chi connectivity index (χ1n) is 7.93. The van der Waals surface area contributed by atoms with Crippen LogP contribution in [0.4, 0.5) is 8.78 Å². The summed E-state index contributed by atoms with van der Waals surface area (Å²) in [4.78, 5) is 25.7. The minimum Gasteiger partial charge on any atom is -0.476 e. The van der Waals surface area contributed by atoms with Crippen molar-refractivity contribution in [1.82, 2.24) is 4.90 Å². The number of likely N-dealkylation sites (tertiary alicyclic amines) is 1. The molecule has 1 amide bonds. The first-order valence-corrected chi connectivity index (χ1v) is 7.93. The molecule has 25 heavy (non-hydrogen) atoms. The molecule has 1 saturated heterocycles. The zero-order valence-corrected chi connectivity index (χ0v) is 13.6. The lowest BCUT2D eigenvalue weighted by Gasteiger charge is -2.25. The van der Waals surface area contributed by atoms with Gasteiger partial charge in [0.2, 0.25) is 11.2 Å². The number of carbonyl (C=O) groups excluding carboxylic acids is 1. The van der Waals surface area contributed by atoms with Crippen molar-refractivity contribution >= 4 is 5.91 Å². The molecule has 0 spiro atoms. The van der Waals surface area contributed by atoms with Crippen LogP contribution < -0.4 is 10.2 Å². The van der Waals surface area contributed by atoms with Crippen LogP contribution in [0.25, 0.3) is 0 Å². The number of rotatable bonds is 4. The summed E-state index contributed by atoms with van der Waals surface area (Å²) in [5, 5.41) is 0. The highest BCUT2D eigenvalue weighted by Gasteiger charge is 2.32. The van der Waals surface area contributed by atoms with Crippen molar-refractivity contribution in [3.8, 4) is 5.75 Å². The van der Waals surface area contributed by atoms with E-state index in [2.05, 4.69) is 0 Å². The Bertz CT molecular complexity index is 849. The summed E-state index contributed by atoms with van der Waals surface area (Å²) in [6.07, 6.45) is 2.54. The largest absolute Gasteiger partial charge is 0.476 e. The SMILES string of the molecule is Cc1occc(=O)c1OCC(=O)N1CCCC1c1ccc(F)cc1F. The number of aryl methyl sites for hydroxylation is 1. The lowest BCUT2D eigenvalue weighted by molar-refractivity contribution is -0.134. The fourth-order valence-electron chi connectivity index (χ4n) is 3.05. The second-order valence-electron chi connectivity index (χ2n) is 5.87. The fraction of sp³-hybridized carbons (Fsp3) is 0.333. The van der Waals surface area contributed by atoms with E-state index in [9.17, 15) is 18.4 Å². The molecular weight excluding hydrogens is 332 g/mol. The van der Waals surface area contributed by atoms with Crippen LogP contribution in [0, 0.1) is 18.6 Å². The molecule has 0 aliphatic carbocycles. The summed E-state index contributed by atoms with van der Waals surface area (Å²) in [6, 6.07) is 4.08. The van der Waals surface area contributed by atoms with E-state index in [-0.39, 0.29) is 35.0 Å². The van der Waals surface area contributed by atoms with Crippen molar-refractivity contribution in [2.75, 3.05) is 13.2 Å². The number of nitrogens with zero attached hydrogens (tertiary/aromatic N) is 1. The topological polar surface area (TPSA) is 59.8 Å². The Labute approximate surface area is 142 Å². The summed E-state index contributed by atoms with van der Waals surface area (Å²) in [6.45, 7) is 1.66. The minimum atomic E-state index is -0.676. The van der Waals surface area contributed by atoms with Crippen molar-refractivity contribution in [1.29, 1.82) is 0 Å². The van der Waals surface area contributed by atoms with Gasteiger partial charge in [-0.25, -0.2) is 8.78 Å². The van der Waals surface area contributed by atoms with Crippen molar-refractivity contribution in [3.63, 3.8) is 0 Å². The van der Waals surface area contributed by atoms with E-state index < -0.39 is 17.7 Å². The molecule has 132 valence electrons. The fourth-order valence-corrected chi connectivity index (χ4v) is 3.05. The number of ether oxygens (including phenoxy) is 1. The van der Waals surface area contributed by atoms with Crippen LogP contribution in [0.2, 0.25) is 0 Å². The van der Waals surface area contributed by atoms with Crippen molar-refractivity contribution in [3.05, 3.63) is 63.7 Å². The Morgan fingerprint density at radius 3 is 2.88 bits per heavy atom. The predicted molar refractivity (Wildman–Crippen MR) is 85.3 cm³/mol. The summed E-state index contributed by atoms with van der Waals surface area (Å²) < 4.78 is 37.5. The summed E-state index contributed by atoms with van der Waals surface area (Å²) in [5.74, 6) is -1.44. The highest BCUT2D eigenvalue weighted by atomic mass is 19.1. The van der Waals surface area contributed by atoms with Gasteiger partial charge in [0.1, 0.15) is 17.4 Å². The smallest absolute Gasteiger partial charge is 0.261 e. The molecule has 1 fully saturated rings.